The molecule has 0 saturated carbocycles. The van der Waals surface area contributed by atoms with Gasteiger partial charge in [-0.2, -0.15) is 0 Å². The lowest BCUT2D eigenvalue weighted by Crippen LogP contribution is -2.33. The molecule has 1 aliphatic heterocycles. The van der Waals surface area contributed by atoms with Crippen molar-refractivity contribution >= 4 is 11.8 Å². The number of benzene rings is 1. The molecule has 2 rings (SSSR count). The van der Waals surface area contributed by atoms with Crippen molar-refractivity contribution in [1.82, 2.24) is 10.2 Å². The predicted octanol–water partition coefficient (Wildman–Crippen LogP) is 1.96. The second kappa shape index (κ2) is 7.82. The topological polar surface area (TPSA) is 58.6 Å². The quantitative estimate of drug-likeness (QED) is 0.783. The second-order valence-corrected chi connectivity index (χ2v) is 5.63. The Balaban J connectivity index is 1.93. The molecule has 1 N–H and O–H groups in total. The lowest BCUT2D eigenvalue weighted by molar-refractivity contribution is -0.129. The third-order valence-corrected chi connectivity index (χ3v) is 3.97. The van der Waals surface area contributed by atoms with Gasteiger partial charge in [0.2, 0.25) is 11.8 Å². The van der Waals surface area contributed by atoms with Gasteiger partial charge in [0, 0.05) is 31.6 Å². The van der Waals surface area contributed by atoms with Crippen LogP contribution >= 0.6 is 0 Å². The predicted molar refractivity (Wildman–Crippen MR) is 84.4 cm³/mol. The molecule has 0 spiro atoms. The number of carbonyl (C=O) groups excluding carboxylic acids is 2. The first-order valence-corrected chi connectivity index (χ1v) is 7.83. The van der Waals surface area contributed by atoms with Crippen LogP contribution in [0.5, 0.6) is 5.75 Å². The fourth-order valence-electron chi connectivity index (χ4n) is 2.67. The highest BCUT2D eigenvalue weighted by Gasteiger charge is 2.34. The molecule has 1 aliphatic rings. The molecule has 0 aliphatic carbocycles. The molecule has 1 heterocycles. The second-order valence-electron chi connectivity index (χ2n) is 5.63. The average Bonchev–Trinajstić information content (AvgIpc) is 2.89. The van der Waals surface area contributed by atoms with Gasteiger partial charge in [-0.3, -0.25) is 9.59 Å². The number of methoxy groups -OCH3 is 1. The fraction of sp³-hybridized carbons (Fsp3) is 0.529. The number of hydrogen-bond donors (Lipinski definition) is 1. The van der Waals surface area contributed by atoms with Crippen molar-refractivity contribution in [1.29, 1.82) is 0 Å². The Morgan fingerprint density at radius 2 is 2.18 bits per heavy atom. The Kier molecular flexibility index (Phi) is 5.81. The summed E-state index contributed by atoms with van der Waals surface area (Å²) in [5.41, 5.74) is 0.963. The summed E-state index contributed by atoms with van der Waals surface area (Å²) in [5.74, 6) is 0.552. The number of amides is 2. The molecule has 120 valence electrons. The Morgan fingerprint density at radius 3 is 2.91 bits per heavy atom. The number of rotatable bonds is 7. The molecule has 1 aromatic rings. The maximum atomic E-state index is 12.1. The van der Waals surface area contributed by atoms with E-state index in [1.807, 2.05) is 24.3 Å². The van der Waals surface area contributed by atoms with Crippen LogP contribution in [0.3, 0.4) is 0 Å². The monoisotopic (exact) mass is 304 g/mol. The van der Waals surface area contributed by atoms with E-state index in [1.165, 1.54) is 0 Å². The highest BCUT2D eigenvalue weighted by Crippen LogP contribution is 2.24. The summed E-state index contributed by atoms with van der Waals surface area (Å²) < 4.78 is 5.31. The molecule has 5 heteroatoms. The highest BCUT2D eigenvalue weighted by atomic mass is 16.5. The van der Waals surface area contributed by atoms with Crippen molar-refractivity contribution in [3.05, 3.63) is 29.8 Å². The summed E-state index contributed by atoms with van der Waals surface area (Å²) >= 11 is 0. The van der Waals surface area contributed by atoms with Gasteiger partial charge < -0.3 is 15.0 Å². The number of nitrogens with one attached hydrogen (secondary N) is 1. The molecule has 1 unspecified atom stereocenters. The van der Waals surface area contributed by atoms with Crippen molar-refractivity contribution in [2.24, 2.45) is 5.92 Å². The van der Waals surface area contributed by atoms with E-state index in [0.717, 1.165) is 24.2 Å². The van der Waals surface area contributed by atoms with E-state index in [4.69, 9.17) is 4.74 Å². The maximum absolute atomic E-state index is 12.1. The van der Waals surface area contributed by atoms with E-state index in [0.29, 0.717) is 26.1 Å². The minimum Gasteiger partial charge on any atom is -0.496 e. The number of carbonyl (C=O) groups is 2. The van der Waals surface area contributed by atoms with Gasteiger partial charge in [0.1, 0.15) is 5.75 Å². The smallest absolute Gasteiger partial charge is 0.225 e. The van der Waals surface area contributed by atoms with Crippen LogP contribution in [0, 0.1) is 5.92 Å². The molecule has 22 heavy (non-hydrogen) atoms. The summed E-state index contributed by atoms with van der Waals surface area (Å²) in [6.45, 7) is 3.74. The third kappa shape index (κ3) is 4.00. The number of para-hydroxylation sites is 1. The van der Waals surface area contributed by atoms with Gasteiger partial charge in [0.25, 0.3) is 0 Å². The van der Waals surface area contributed by atoms with Crippen molar-refractivity contribution < 1.29 is 14.3 Å². The van der Waals surface area contributed by atoms with Crippen LogP contribution < -0.4 is 10.1 Å². The minimum absolute atomic E-state index is 0.00988. The Bertz CT molecular complexity index is 530. The number of likely N-dealkylation sites (tertiary alicyclic amines) is 1. The zero-order valence-corrected chi connectivity index (χ0v) is 13.3. The van der Waals surface area contributed by atoms with Gasteiger partial charge in [-0.05, 0) is 12.5 Å². The molecule has 0 aromatic heterocycles. The summed E-state index contributed by atoms with van der Waals surface area (Å²) in [4.78, 5) is 25.9. The van der Waals surface area contributed by atoms with Crippen LogP contribution in [-0.2, 0) is 16.1 Å². The van der Waals surface area contributed by atoms with Gasteiger partial charge >= 0.3 is 0 Å². The molecule has 1 saturated heterocycles. The molecule has 5 nitrogen and oxygen atoms in total. The van der Waals surface area contributed by atoms with E-state index in [9.17, 15) is 9.59 Å². The first-order chi connectivity index (χ1) is 10.7. The molecule has 1 aromatic carbocycles. The Labute approximate surface area is 131 Å². The maximum Gasteiger partial charge on any atom is 0.225 e. The van der Waals surface area contributed by atoms with Crippen LogP contribution in [-0.4, -0.2) is 36.9 Å². The molecular formula is C17H24N2O3. The largest absolute Gasteiger partial charge is 0.496 e. The number of ether oxygens (including phenoxy) is 1. The molecule has 0 radical (unpaired) electrons. The summed E-state index contributed by atoms with van der Waals surface area (Å²) in [6, 6.07) is 7.65. The fourth-order valence-corrected chi connectivity index (χ4v) is 2.67. The summed E-state index contributed by atoms with van der Waals surface area (Å²) in [7, 11) is 1.62. The molecule has 1 fully saturated rings. The standard InChI is InChI=1S/C17H24N2O3/c1-3-4-9-18-17(21)14-10-16(20)19(12-14)11-13-7-5-6-8-15(13)22-2/h5-8,14H,3-4,9-12H2,1-2H3,(H,18,21). The van der Waals surface area contributed by atoms with E-state index in [2.05, 4.69) is 12.2 Å². The SMILES string of the molecule is CCCCNC(=O)C1CC(=O)N(Cc2ccccc2OC)C1. The van der Waals surface area contributed by atoms with Crippen LogP contribution in [0.4, 0.5) is 0 Å². The molecular weight excluding hydrogens is 280 g/mol. The van der Waals surface area contributed by atoms with Gasteiger partial charge in [-0.15, -0.1) is 0 Å². The number of nitrogens with zero attached hydrogens (tertiary/aromatic N) is 1. The van der Waals surface area contributed by atoms with Crippen molar-refractivity contribution in [3.8, 4) is 5.75 Å². The van der Waals surface area contributed by atoms with E-state index < -0.39 is 0 Å². The van der Waals surface area contributed by atoms with Gasteiger partial charge in [-0.25, -0.2) is 0 Å². The highest BCUT2D eigenvalue weighted by molar-refractivity contribution is 5.89. The summed E-state index contributed by atoms with van der Waals surface area (Å²) in [6.07, 6.45) is 2.31. The summed E-state index contributed by atoms with van der Waals surface area (Å²) in [5, 5.41) is 2.91. The van der Waals surface area contributed by atoms with Crippen LogP contribution in [0.15, 0.2) is 24.3 Å². The zero-order chi connectivity index (χ0) is 15.9. The first kappa shape index (κ1) is 16.3. The lowest BCUT2D eigenvalue weighted by atomic mass is 10.1. The normalized spacial score (nSPS) is 17.6. The average molecular weight is 304 g/mol. The Hall–Kier alpha value is -2.04. The van der Waals surface area contributed by atoms with E-state index in [-0.39, 0.29) is 17.7 Å². The molecule has 1 atom stereocenters. The van der Waals surface area contributed by atoms with Crippen LogP contribution in [0.1, 0.15) is 31.7 Å². The van der Waals surface area contributed by atoms with E-state index in [1.54, 1.807) is 12.0 Å². The van der Waals surface area contributed by atoms with Gasteiger partial charge in [-0.1, -0.05) is 31.5 Å². The third-order valence-electron chi connectivity index (χ3n) is 3.97. The Morgan fingerprint density at radius 1 is 1.41 bits per heavy atom. The van der Waals surface area contributed by atoms with Gasteiger partial charge in [0.05, 0.1) is 13.0 Å². The van der Waals surface area contributed by atoms with Crippen molar-refractivity contribution in [3.63, 3.8) is 0 Å². The number of hydrogen-bond acceptors (Lipinski definition) is 3. The van der Waals surface area contributed by atoms with E-state index >= 15 is 0 Å². The minimum atomic E-state index is -0.237. The molecule has 2 amide bonds. The first-order valence-electron chi connectivity index (χ1n) is 7.83. The number of unbranched alkanes of at least 4 members (excludes halogenated alkanes) is 1. The van der Waals surface area contributed by atoms with Crippen LogP contribution in [0.25, 0.3) is 0 Å². The van der Waals surface area contributed by atoms with Crippen LogP contribution in [0.2, 0.25) is 0 Å². The molecule has 0 bridgehead atoms. The lowest BCUT2D eigenvalue weighted by Gasteiger charge is -2.18. The van der Waals surface area contributed by atoms with Crippen molar-refractivity contribution in [2.45, 2.75) is 32.7 Å². The zero-order valence-electron chi connectivity index (χ0n) is 13.3. The van der Waals surface area contributed by atoms with Gasteiger partial charge in [0.15, 0.2) is 0 Å². The van der Waals surface area contributed by atoms with Crippen molar-refractivity contribution in [2.75, 3.05) is 20.2 Å².